The number of methoxy groups -OCH3 is 4. The van der Waals surface area contributed by atoms with Crippen LogP contribution in [0.3, 0.4) is 0 Å². The third kappa shape index (κ3) is 10.8. The molecular formula is C19H28N6O7. The minimum absolute atomic E-state index is 0.0171. The van der Waals surface area contributed by atoms with Crippen molar-refractivity contribution in [2.75, 3.05) is 28.4 Å². The van der Waals surface area contributed by atoms with Crippen LogP contribution < -0.4 is 41.9 Å². The van der Waals surface area contributed by atoms with E-state index in [1.807, 2.05) is 0 Å². The Kier molecular flexibility index (Phi) is 12.4. The second kappa shape index (κ2) is 14.4. The van der Waals surface area contributed by atoms with Crippen molar-refractivity contribution in [2.24, 2.45) is 32.9 Å². The molecular weight excluding hydrogens is 424 g/mol. The summed E-state index contributed by atoms with van der Waals surface area (Å²) in [5.74, 6) is 2.50. The topological polar surface area (TPSA) is 223 Å². The van der Waals surface area contributed by atoms with Gasteiger partial charge in [-0.3, -0.25) is 0 Å². The molecule has 0 saturated carbocycles. The Labute approximate surface area is 184 Å². The van der Waals surface area contributed by atoms with Crippen LogP contribution in [0.15, 0.2) is 46.4 Å². The van der Waals surface area contributed by atoms with Crippen molar-refractivity contribution < 1.29 is 34.0 Å². The van der Waals surface area contributed by atoms with E-state index in [4.69, 9.17) is 56.9 Å². The first kappa shape index (κ1) is 27.5. The van der Waals surface area contributed by atoms with Crippen molar-refractivity contribution in [3.63, 3.8) is 0 Å². The minimum atomic E-state index is -1.83. The summed E-state index contributed by atoms with van der Waals surface area (Å²) in [7, 11) is 6.24. The molecule has 0 fully saturated rings. The number of nitrogens with two attached hydrogens (primary N) is 4. The summed E-state index contributed by atoms with van der Waals surface area (Å²) in [5, 5.41) is 13.9. The molecule has 0 heterocycles. The summed E-state index contributed by atoms with van der Waals surface area (Å²) in [4.78, 5) is 16.4. The van der Waals surface area contributed by atoms with E-state index < -0.39 is 6.16 Å². The molecule has 0 spiro atoms. The summed E-state index contributed by atoms with van der Waals surface area (Å²) in [6.07, 6.45) is -1.83. The number of benzene rings is 2. The fourth-order valence-electron chi connectivity index (χ4n) is 2.05. The molecule has 10 N–H and O–H groups in total. The highest BCUT2D eigenvalue weighted by Gasteiger charge is 2.04. The minimum Gasteiger partial charge on any atom is -0.497 e. The maximum absolute atomic E-state index is 8.56. The summed E-state index contributed by atoms with van der Waals surface area (Å²) in [5.41, 5.74) is 22.2. The molecule has 0 bridgehead atoms. The van der Waals surface area contributed by atoms with E-state index in [0.717, 1.165) is 0 Å². The average molecular weight is 452 g/mol. The smallest absolute Gasteiger partial charge is 0.497 e. The van der Waals surface area contributed by atoms with Gasteiger partial charge in [0.05, 0.1) is 28.4 Å². The highest BCUT2D eigenvalue weighted by molar-refractivity contribution is 5.81. The van der Waals surface area contributed by atoms with Crippen LogP contribution in [0.4, 0.5) is 16.2 Å². The number of nitrogens with zero attached hydrogens (tertiary/aromatic N) is 2. The maximum atomic E-state index is 8.56. The number of rotatable bonds is 6. The number of hydrogen-bond acceptors (Lipinski definition) is 7. The SMILES string of the molecule is COc1ccc(OC)c(N=C(N)N)c1.COc1ccc(OC)c(N=C(N)N)c1.O=C(O)O. The number of hydrogen-bond donors (Lipinski definition) is 6. The lowest BCUT2D eigenvalue weighted by Crippen LogP contribution is -2.22. The summed E-state index contributed by atoms with van der Waals surface area (Å²) >= 11 is 0. The second-order valence-electron chi connectivity index (χ2n) is 5.43. The zero-order valence-corrected chi connectivity index (χ0v) is 18.1. The Bertz CT molecular complexity index is 853. The molecule has 2 aromatic carbocycles. The standard InChI is InChI=1S/2C9H13N3O2.CH2O3/c2*1-13-6-3-4-8(14-2)7(5-6)12-9(10)11;2-1(3)4/h2*3-5H,1-2H3,(H4,10,11,12);(H2,2,3,4). The third-order valence-electron chi connectivity index (χ3n) is 3.27. The second-order valence-corrected chi connectivity index (χ2v) is 5.43. The van der Waals surface area contributed by atoms with Crippen molar-refractivity contribution in [3.05, 3.63) is 36.4 Å². The molecule has 0 aliphatic carbocycles. The van der Waals surface area contributed by atoms with Gasteiger partial charge in [-0.1, -0.05) is 0 Å². The highest BCUT2D eigenvalue weighted by atomic mass is 16.6. The number of aliphatic imine (C=N–C) groups is 2. The van der Waals surface area contributed by atoms with Crippen LogP contribution in [0.2, 0.25) is 0 Å². The third-order valence-corrected chi connectivity index (χ3v) is 3.27. The highest BCUT2D eigenvalue weighted by Crippen LogP contribution is 2.31. The molecule has 13 heteroatoms. The van der Waals surface area contributed by atoms with Gasteiger partial charge in [0.2, 0.25) is 0 Å². The Morgan fingerprint density at radius 1 is 0.688 bits per heavy atom. The molecule has 0 atom stereocenters. The number of guanidine groups is 2. The van der Waals surface area contributed by atoms with Crippen molar-refractivity contribution >= 4 is 29.4 Å². The molecule has 0 aromatic heterocycles. The Hall–Kier alpha value is -4.55. The average Bonchev–Trinajstić information content (AvgIpc) is 2.72. The molecule has 2 rings (SSSR count). The van der Waals surface area contributed by atoms with Gasteiger partial charge < -0.3 is 52.1 Å². The van der Waals surface area contributed by atoms with Gasteiger partial charge in [-0.2, -0.15) is 0 Å². The van der Waals surface area contributed by atoms with E-state index in [1.54, 1.807) is 64.8 Å². The van der Waals surface area contributed by atoms with Gasteiger partial charge in [-0.15, -0.1) is 0 Å². The van der Waals surface area contributed by atoms with E-state index in [-0.39, 0.29) is 11.9 Å². The number of carbonyl (C=O) groups is 1. The van der Waals surface area contributed by atoms with E-state index in [1.165, 1.54) is 0 Å². The molecule has 0 aliphatic heterocycles. The molecule has 0 aliphatic rings. The predicted molar refractivity (Wildman–Crippen MR) is 121 cm³/mol. The van der Waals surface area contributed by atoms with Crippen LogP contribution in [-0.4, -0.2) is 56.7 Å². The first-order valence-electron chi connectivity index (χ1n) is 8.63. The van der Waals surface area contributed by atoms with Gasteiger partial charge >= 0.3 is 6.16 Å². The fraction of sp³-hybridized carbons (Fsp3) is 0.211. The van der Waals surface area contributed by atoms with Gasteiger partial charge in [0.15, 0.2) is 11.9 Å². The molecule has 2 aromatic rings. The van der Waals surface area contributed by atoms with E-state index in [9.17, 15) is 0 Å². The lowest BCUT2D eigenvalue weighted by atomic mass is 10.3. The maximum Gasteiger partial charge on any atom is 0.503 e. The van der Waals surface area contributed by atoms with Crippen molar-refractivity contribution in [1.29, 1.82) is 0 Å². The molecule has 0 amide bonds. The number of ether oxygens (including phenoxy) is 4. The number of carboxylic acid groups (broad SMARTS) is 2. The Morgan fingerprint density at radius 2 is 1.00 bits per heavy atom. The summed E-state index contributed by atoms with van der Waals surface area (Å²) in [6, 6.07) is 10.4. The molecule has 0 unspecified atom stereocenters. The van der Waals surface area contributed by atoms with E-state index >= 15 is 0 Å². The van der Waals surface area contributed by atoms with Crippen LogP contribution in [-0.2, 0) is 0 Å². The normalized spacial score (nSPS) is 8.88. The summed E-state index contributed by atoms with van der Waals surface area (Å²) in [6.45, 7) is 0. The van der Waals surface area contributed by atoms with Gasteiger partial charge in [0, 0.05) is 12.1 Å². The zero-order valence-electron chi connectivity index (χ0n) is 18.1. The van der Waals surface area contributed by atoms with Crippen LogP contribution in [0, 0.1) is 0 Å². The van der Waals surface area contributed by atoms with Crippen LogP contribution >= 0.6 is 0 Å². The van der Waals surface area contributed by atoms with Crippen molar-refractivity contribution in [1.82, 2.24) is 0 Å². The molecule has 0 radical (unpaired) electrons. The monoisotopic (exact) mass is 452 g/mol. The largest absolute Gasteiger partial charge is 0.503 e. The first-order valence-corrected chi connectivity index (χ1v) is 8.63. The Morgan fingerprint density at radius 3 is 1.22 bits per heavy atom. The van der Waals surface area contributed by atoms with Crippen LogP contribution in [0.1, 0.15) is 0 Å². The van der Waals surface area contributed by atoms with Gasteiger partial charge in [0.25, 0.3) is 0 Å². The fourth-order valence-corrected chi connectivity index (χ4v) is 2.05. The van der Waals surface area contributed by atoms with Crippen molar-refractivity contribution in [3.8, 4) is 23.0 Å². The lowest BCUT2D eigenvalue weighted by molar-refractivity contribution is 0.137. The van der Waals surface area contributed by atoms with Gasteiger partial charge in [0.1, 0.15) is 34.4 Å². The molecule has 32 heavy (non-hydrogen) atoms. The van der Waals surface area contributed by atoms with Gasteiger partial charge in [-0.05, 0) is 24.3 Å². The molecule has 176 valence electrons. The quantitative estimate of drug-likeness (QED) is 0.271. The predicted octanol–water partition coefficient (Wildman–Crippen LogP) is 1.44. The molecule has 0 saturated heterocycles. The first-order chi connectivity index (χ1) is 15.1. The van der Waals surface area contributed by atoms with E-state index in [0.29, 0.717) is 34.4 Å². The summed E-state index contributed by atoms with van der Waals surface area (Å²) < 4.78 is 20.2. The Balaban J connectivity index is 0.000000515. The zero-order chi connectivity index (χ0) is 24.7. The van der Waals surface area contributed by atoms with Crippen LogP contribution in [0.5, 0.6) is 23.0 Å². The van der Waals surface area contributed by atoms with Gasteiger partial charge in [-0.25, -0.2) is 14.8 Å². The lowest BCUT2D eigenvalue weighted by Gasteiger charge is -2.06. The van der Waals surface area contributed by atoms with Crippen LogP contribution in [0.25, 0.3) is 0 Å². The molecule has 13 nitrogen and oxygen atoms in total. The van der Waals surface area contributed by atoms with Crippen molar-refractivity contribution in [2.45, 2.75) is 0 Å². The van der Waals surface area contributed by atoms with E-state index in [2.05, 4.69) is 9.98 Å².